The van der Waals surface area contributed by atoms with Crippen LogP contribution >= 0.6 is 0 Å². The monoisotopic (exact) mass is 1300 g/mol. The molecule has 0 spiro atoms. The van der Waals surface area contributed by atoms with Gasteiger partial charge in [-0.25, -0.2) is 14.4 Å². The van der Waals surface area contributed by atoms with E-state index in [1.807, 2.05) is 0 Å². The van der Waals surface area contributed by atoms with Crippen LogP contribution in [-0.4, -0.2) is 269 Å². The molecule has 0 radical (unpaired) electrons. The molecule has 0 aromatic heterocycles. The van der Waals surface area contributed by atoms with E-state index in [0.717, 1.165) is 0 Å². The van der Waals surface area contributed by atoms with Gasteiger partial charge in [-0.2, -0.15) is 0 Å². The van der Waals surface area contributed by atoms with Gasteiger partial charge in [0.25, 0.3) is 0 Å². The molecular formula is C62H93N3O26. The van der Waals surface area contributed by atoms with Crippen molar-refractivity contribution in [1.82, 2.24) is 15.5 Å². The third-order valence-electron chi connectivity index (χ3n) is 15.5. The van der Waals surface area contributed by atoms with Gasteiger partial charge < -0.3 is 125 Å². The van der Waals surface area contributed by atoms with Crippen LogP contribution in [0, 0.1) is 5.92 Å². The number of nitrogens with zero attached hydrogens (tertiary/aromatic N) is 1. The summed E-state index contributed by atoms with van der Waals surface area (Å²) in [6, 6.07) is -3.73. The highest BCUT2D eigenvalue weighted by molar-refractivity contribution is 5.76. The van der Waals surface area contributed by atoms with Crippen molar-refractivity contribution < 1.29 is 128 Å². The lowest BCUT2D eigenvalue weighted by Crippen LogP contribution is -2.67. The van der Waals surface area contributed by atoms with Gasteiger partial charge in [-0.15, -0.1) is 0 Å². The SMILES string of the molecule is C=CCOC(=O)N[C@@H]1[C@H](O)[C@H](O[C@H]2/C=C/C=C/C=C/C=C/C=C/C=C/C=C/[C@H](C)[C@@H](O)C[C@H](C)OC(=O)C[C@H](O)C[C@H](O)CC[C@@H](O)[C@H](O)C[C@H](O)C[C@]3(O)C[C@H](OC(=O)OCC=C)[C@@H](NC(=O)N4CC(O[C@H]5OC(CO)[C@@H](O)C(O)[C@H]5O)C4)[C@H](C2)O3)OC[C@H]1O. The topological polar surface area (TPSA) is 442 Å². The molecule has 22 atom stereocenters. The van der Waals surface area contributed by atoms with Gasteiger partial charge in [0.15, 0.2) is 18.4 Å². The number of carbonyl (C=O) groups is 4. The molecule has 512 valence electrons. The number of alkyl carbamates (subject to hydrolysis) is 1. The average molecular weight is 1300 g/mol. The first-order valence-electron chi connectivity index (χ1n) is 30.3. The fourth-order valence-electron chi connectivity index (χ4n) is 10.5. The molecular weight excluding hydrogens is 1200 g/mol. The molecule has 4 fully saturated rings. The Balaban J connectivity index is 1.49. The number of hydrogen-bond donors (Lipinski definition) is 15. The summed E-state index contributed by atoms with van der Waals surface area (Å²) in [5.74, 6) is -3.61. The summed E-state index contributed by atoms with van der Waals surface area (Å²) in [7, 11) is 0. The zero-order chi connectivity index (χ0) is 66.8. The van der Waals surface area contributed by atoms with E-state index in [1.54, 1.807) is 86.8 Å². The van der Waals surface area contributed by atoms with Crippen LogP contribution in [0.2, 0.25) is 0 Å². The van der Waals surface area contributed by atoms with E-state index in [4.69, 9.17) is 42.6 Å². The molecule has 2 unspecified atom stereocenters. The molecule has 5 rings (SSSR count). The molecule has 0 aromatic rings. The number of aliphatic hydroxyl groups is 13. The van der Waals surface area contributed by atoms with Crippen LogP contribution in [0.5, 0.6) is 0 Å². The van der Waals surface area contributed by atoms with E-state index in [-0.39, 0.29) is 57.9 Å². The van der Waals surface area contributed by atoms with Gasteiger partial charge in [0, 0.05) is 38.0 Å². The van der Waals surface area contributed by atoms with Crippen molar-refractivity contribution in [2.24, 2.45) is 5.92 Å². The summed E-state index contributed by atoms with van der Waals surface area (Å²) in [5, 5.41) is 147. The number of esters is 1. The van der Waals surface area contributed by atoms with Gasteiger partial charge in [-0.1, -0.05) is 117 Å². The minimum Gasteiger partial charge on any atom is -0.462 e. The van der Waals surface area contributed by atoms with Gasteiger partial charge in [0.2, 0.25) is 0 Å². The summed E-state index contributed by atoms with van der Waals surface area (Å²) in [6.45, 7) is 8.33. The Morgan fingerprint density at radius 3 is 1.92 bits per heavy atom. The first-order chi connectivity index (χ1) is 43.3. The lowest BCUT2D eigenvalue weighted by atomic mass is 9.86. The molecule has 5 aliphatic rings. The molecule has 2 bridgehead atoms. The molecule has 0 aromatic carbocycles. The van der Waals surface area contributed by atoms with Gasteiger partial charge in [-0.05, 0) is 26.2 Å². The van der Waals surface area contributed by atoms with E-state index >= 15 is 0 Å². The molecule has 5 aliphatic heterocycles. The molecule has 4 saturated heterocycles. The van der Waals surface area contributed by atoms with Crippen LogP contribution in [0.25, 0.3) is 0 Å². The Labute approximate surface area is 528 Å². The smallest absolute Gasteiger partial charge is 0.462 e. The lowest BCUT2D eigenvalue weighted by molar-refractivity contribution is -0.317. The number of aliphatic hydroxyl groups excluding tert-OH is 12. The molecule has 0 saturated carbocycles. The Morgan fingerprint density at radius 2 is 1.29 bits per heavy atom. The zero-order valence-corrected chi connectivity index (χ0v) is 51.0. The van der Waals surface area contributed by atoms with E-state index in [9.17, 15) is 85.6 Å². The second-order valence-electron chi connectivity index (χ2n) is 23.1. The predicted octanol–water partition coefficient (Wildman–Crippen LogP) is -0.744. The molecule has 5 heterocycles. The Kier molecular flexibility index (Phi) is 32.1. The van der Waals surface area contributed by atoms with Gasteiger partial charge in [0.05, 0.1) is 99.7 Å². The van der Waals surface area contributed by atoms with Crippen molar-refractivity contribution in [1.29, 1.82) is 0 Å². The number of allylic oxidation sites excluding steroid dienone is 12. The first-order valence-corrected chi connectivity index (χ1v) is 30.3. The maximum Gasteiger partial charge on any atom is 0.508 e. The van der Waals surface area contributed by atoms with Crippen molar-refractivity contribution in [2.75, 3.05) is 39.5 Å². The minimum atomic E-state index is -2.53. The zero-order valence-electron chi connectivity index (χ0n) is 51.0. The molecule has 91 heavy (non-hydrogen) atoms. The van der Waals surface area contributed by atoms with E-state index in [2.05, 4.69) is 23.8 Å². The van der Waals surface area contributed by atoms with Crippen molar-refractivity contribution in [3.05, 3.63) is 110 Å². The molecule has 29 heteroatoms. The van der Waals surface area contributed by atoms with Gasteiger partial charge >= 0.3 is 24.2 Å². The fourth-order valence-corrected chi connectivity index (χ4v) is 10.5. The summed E-state index contributed by atoms with van der Waals surface area (Å²) in [6.07, 6.45) is -6.98. The number of fused-ring (bicyclic) bond motifs is 2. The first kappa shape index (κ1) is 75.9. The highest BCUT2D eigenvalue weighted by Crippen LogP contribution is 2.37. The largest absolute Gasteiger partial charge is 0.508 e. The normalized spacial score (nSPS) is 40.0. The number of cyclic esters (lactones) is 1. The Morgan fingerprint density at radius 1 is 0.659 bits per heavy atom. The number of urea groups is 1. The number of likely N-dealkylation sites (tertiary alicyclic amines) is 1. The number of nitrogens with one attached hydrogen (secondary N) is 2. The molecule has 15 N–H and O–H groups in total. The van der Waals surface area contributed by atoms with E-state index < -0.39 is 204 Å². The van der Waals surface area contributed by atoms with Crippen LogP contribution in [0.1, 0.15) is 71.6 Å². The third kappa shape index (κ3) is 25.2. The van der Waals surface area contributed by atoms with Crippen molar-refractivity contribution in [2.45, 2.75) is 206 Å². The van der Waals surface area contributed by atoms with Crippen LogP contribution in [0.3, 0.4) is 0 Å². The standard InChI is InChI=1S/C62H93N3O26/c1-5-23-83-60(80)64-51-46(73)35-85-57(54(51)76)87-41-20-18-16-14-12-10-8-7-9-11-13-15-17-19-36(3)44(71)25-37(4)86-50(74)28-39(68)26-38(67)21-22-43(70)45(72)27-40(69)30-62(82)31-48(90-61(81)84-24-6-2)52(47(29-41)91-62)63-59(79)65-32-42(33-65)88-58-56(78)55(77)53(75)49(34-66)89-58/h5-20,36-49,51-58,66-73,75-78,82H,1-2,21-35H2,3-4H3,(H,63,79)(H,64,80)/b8-7+,11-9+,12-10+,15-13+,16-14+,19-17+,20-18+/t36-,37-,38+,39+,40-,41-,43+,44-,45+,46+,47-,48-,49?,51-,52-,53+,54-,55?,56+,57-,58-,62+/m0/s1. The summed E-state index contributed by atoms with van der Waals surface area (Å²) >= 11 is 0. The maximum absolute atomic E-state index is 14.3. The van der Waals surface area contributed by atoms with Crippen molar-refractivity contribution in [3.8, 4) is 0 Å². The van der Waals surface area contributed by atoms with Crippen molar-refractivity contribution >= 4 is 24.2 Å². The maximum atomic E-state index is 14.3. The van der Waals surface area contributed by atoms with Crippen molar-refractivity contribution in [3.63, 3.8) is 0 Å². The fraction of sp³-hybridized carbons (Fsp3) is 0.645. The van der Waals surface area contributed by atoms with Gasteiger partial charge in [0.1, 0.15) is 62.0 Å². The number of ether oxygens (including phenoxy) is 9. The third-order valence-corrected chi connectivity index (χ3v) is 15.5. The van der Waals surface area contributed by atoms with Gasteiger partial charge in [-0.3, -0.25) is 4.79 Å². The highest BCUT2D eigenvalue weighted by atomic mass is 16.7. The highest BCUT2D eigenvalue weighted by Gasteiger charge is 2.53. The van der Waals surface area contributed by atoms with Crippen LogP contribution in [-0.2, 0) is 47.4 Å². The van der Waals surface area contributed by atoms with E-state index in [1.165, 1.54) is 29.2 Å². The van der Waals surface area contributed by atoms with E-state index in [0.29, 0.717) is 0 Å². The molecule has 29 nitrogen and oxygen atoms in total. The van der Waals surface area contributed by atoms with Crippen LogP contribution in [0.15, 0.2) is 110 Å². The number of amides is 3. The quantitative estimate of drug-likeness (QED) is 0.0650. The number of rotatable bonds is 12. The van der Waals surface area contributed by atoms with Crippen LogP contribution < -0.4 is 10.6 Å². The summed E-state index contributed by atoms with van der Waals surface area (Å²) < 4.78 is 51.1. The second kappa shape index (κ2) is 38.4. The Hall–Kier alpha value is -5.78. The minimum absolute atomic E-state index is 0.105. The number of hydrogen-bond acceptors (Lipinski definition) is 26. The average Bonchev–Trinajstić information content (AvgIpc) is 0.886. The predicted molar refractivity (Wildman–Crippen MR) is 320 cm³/mol. The lowest BCUT2D eigenvalue weighted by Gasteiger charge is -2.48. The molecule has 0 aliphatic carbocycles. The van der Waals surface area contributed by atoms with Crippen LogP contribution in [0.4, 0.5) is 14.4 Å². The summed E-state index contributed by atoms with van der Waals surface area (Å²) in [5.41, 5.74) is 0. The second-order valence-corrected chi connectivity index (χ2v) is 23.1. The molecule has 3 amide bonds. The summed E-state index contributed by atoms with van der Waals surface area (Å²) in [4.78, 5) is 54.3. The Bertz CT molecular complexity index is 2490. The number of carbonyl (C=O) groups excluding carboxylic acids is 4.